The van der Waals surface area contributed by atoms with Crippen molar-refractivity contribution in [1.29, 1.82) is 0 Å². The second-order valence-electron chi connectivity index (χ2n) is 3.74. The Balaban J connectivity index is 2.32. The highest BCUT2D eigenvalue weighted by atomic mass is 14.2. The van der Waals surface area contributed by atoms with Crippen LogP contribution < -0.4 is 0 Å². The topological polar surface area (TPSA) is 0 Å². The Hall–Kier alpha value is -1.56. The smallest absolute Gasteiger partial charge is 0.0269 e. The molecule has 0 saturated heterocycles. The highest BCUT2D eigenvalue weighted by Crippen LogP contribution is 2.29. The lowest BCUT2D eigenvalue weighted by Gasteiger charge is -2.17. The van der Waals surface area contributed by atoms with Crippen molar-refractivity contribution >= 4 is 0 Å². The lowest BCUT2D eigenvalue weighted by molar-refractivity contribution is 0.995. The summed E-state index contributed by atoms with van der Waals surface area (Å²) in [7, 11) is 0. The van der Waals surface area contributed by atoms with Gasteiger partial charge in [-0.05, 0) is 17.6 Å². The molecular weight excluding hydrogens is 180 g/mol. The zero-order valence-corrected chi connectivity index (χ0v) is 9.06. The summed E-state index contributed by atoms with van der Waals surface area (Å²) < 4.78 is 0. The van der Waals surface area contributed by atoms with E-state index in [0.717, 1.165) is 6.42 Å². The molecule has 0 bridgehead atoms. The van der Waals surface area contributed by atoms with Gasteiger partial charge in [-0.3, -0.25) is 0 Å². The fourth-order valence-electron chi connectivity index (χ4n) is 1.95. The minimum absolute atomic E-state index is 0.441. The Bertz CT molecular complexity index is 393. The van der Waals surface area contributed by atoms with Crippen LogP contribution >= 0.6 is 0 Å². The first-order valence-electron chi connectivity index (χ1n) is 5.51. The SMILES string of the molecule is CCC=C1C=CC=CC1c1ccccc1. The van der Waals surface area contributed by atoms with Crippen LogP contribution in [0.15, 0.2) is 66.3 Å². The van der Waals surface area contributed by atoms with Crippen LogP contribution in [0.2, 0.25) is 0 Å². The van der Waals surface area contributed by atoms with Crippen LogP contribution in [-0.2, 0) is 0 Å². The third-order valence-electron chi connectivity index (χ3n) is 2.66. The van der Waals surface area contributed by atoms with E-state index in [1.807, 2.05) is 0 Å². The summed E-state index contributed by atoms with van der Waals surface area (Å²) in [6, 6.07) is 10.7. The van der Waals surface area contributed by atoms with Crippen LogP contribution in [0.1, 0.15) is 24.8 Å². The molecular formula is C15H16. The van der Waals surface area contributed by atoms with Crippen LogP contribution in [0.4, 0.5) is 0 Å². The van der Waals surface area contributed by atoms with Gasteiger partial charge in [0.2, 0.25) is 0 Å². The monoisotopic (exact) mass is 196 g/mol. The zero-order chi connectivity index (χ0) is 10.5. The molecule has 1 unspecified atom stereocenters. The lowest BCUT2D eigenvalue weighted by Crippen LogP contribution is -2.00. The maximum absolute atomic E-state index is 2.30. The third kappa shape index (κ3) is 2.27. The van der Waals surface area contributed by atoms with Gasteiger partial charge in [0.05, 0.1) is 0 Å². The first-order chi connectivity index (χ1) is 7.42. The van der Waals surface area contributed by atoms with E-state index in [1.54, 1.807) is 0 Å². The van der Waals surface area contributed by atoms with Gasteiger partial charge in [-0.1, -0.05) is 67.6 Å². The average molecular weight is 196 g/mol. The van der Waals surface area contributed by atoms with Crippen molar-refractivity contribution < 1.29 is 0 Å². The van der Waals surface area contributed by atoms with E-state index in [9.17, 15) is 0 Å². The average Bonchev–Trinajstić information content (AvgIpc) is 2.31. The molecule has 0 saturated carbocycles. The van der Waals surface area contributed by atoms with Crippen molar-refractivity contribution in [2.75, 3.05) is 0 Å². The van der Waals surface area contributed by atoms with Gasteiger partial charge in [0, 0.05) is 5.92 Å². The summed E-state index contributed by atoms with van der Waals surface area (Å²) in [5.74, 6) is 0.441. The van der Waals surface area contributed by atoms with E-state index in [2.05, 4.69) is 67.6 Å². The molecule has 1 aliphatic rings. The summed E-state index contributed by atoms with van der Waals surface area (Å²) in [6.07, 6.45) is 12.1. The van der Waals surface area contributed by atoms with Gasteiger partial charge in [-0.25, -0.2) is 0 Å². The van der Waals surface area contributed by atoms with E-state index in [-0.39, 0.29) is 0 Å². The third-order valence-corrected chi connectivity index (χ3v) is 2.66. The fraction of sp³-hybridized carbons (Fsp3) is 0.200. The number of allylic oxidation sites excluding steroid dienone is 6. The van der Waals surface area contributed by atoms with Gasteiger partial charge >= 0.3 is 0 Å². The summed E-state index contributed by atoms with van der Waals surface area (Å²) >= 11 is 0. The standard InChI is InChI=1S/C15H16/c1-2-8-13-11-6-7-12-15(13)14-9-4-3-5-10-14/h3-12,15H,2H2,1H3. The van der Waals surface area contributed by atoms with Gasteiger partial charge in [0.25, 0.3) is 0 Å². The molecule has 0 aliphatic heterocycles. The molecule has 0 spiro atoms. The molecule has 0 aromatic heterocycles. The number of rotatable bonds is 2. The van der Waals surface area contributed by atoms with E-state index in [1.165, 1.54) is 11.1 Å². The maximum atomic E-state index is 2.30. The molecule has 0 heterocycles. The largest absolute Gasteiger partial charge is 0.0806 e. The predicted octanol–water partition coefficient (Wildman–Crippen LogP) is 4.23. The van der Waals surface area contributed by atoms with Gasteiger partial charge in [-0.15, -0.1) is 0 Å². The molecule has 0 N–H and O–H groups in total. The quantitative estimate of drug-likeness (QED) is 0.664. The summed E-state index contributed by atoms with van der Waals surface area (Å²) in [5, 5.41) is 0. The molecule has 76 valence electrons. The van der Waals surface area contributed by atoms with Crippen molar-refractivity contribution in [3.05, 3.63) is 71.8 Å². The molecule has 0 fully saturated rings. The normalized spacial score (nSPS) is 22.2. The van der Waals surface area contributed by atoms with Crippen molar-refractivity contribution in [1.82, 2.24) is 0 Å². The van der Waals surface area contributed by atoms with Crippen LogP contribution in [0, 0.1) is 0 Å². The molecule has 0 radical (unpaired) electrons. The Morgan fingerprint density at radius 3 is 2.67 bits per heavy atom. The molecule has 2 rings (SSSR count). The second kappa shape index (κ2) is 4.79. The van der Waals surface area contributed by atoms with Gasteiger partial charge < -0.3 is 0 Å². The molecule has 1 aromatic carbocycles. The molecule has 0 amide bonds. The lowest BCUT2D eigenvalue weighted by atomic mass is 9.87. The van der Waals surface area contributed by atoms with Crippen molar-refractivity contribution in [3.8, 4) is 0 Å². The van der Waals surface area contributed by atoms with Gasteiger partial charge in [0.15, 0.2) is 0 Å². The fourth-order valence-corrected chi connectivity index (χ4v) is 1.95. The van der Waals surface area contributed by atoms with Crippen LogP contribution in [0.5, 0.6) is 0 Å². The van der Waals surface area contributed by atoms with Crippen molar-refractivity contribution in [2.24, 2.45) is 0 Å². The van der Waals surface area contributed by atoms with E-state index in [4.69, 9.17) is 0 Å². The Labute approximate surface area is 91.6 Å². The zero-order valence-electron chi connectivity index (χ0n) is 9.06. The first-order valence-corrected chi connectivity index (χ1v) is 5.51. The molecule has 1 atom stereocenters. The van der Waals surface area contributed by atoms with E-state index < -0.39 is 0 Å². The van der Waals surface area contributed by atoms with Crippen LogP contribution in [0.3, 0.4) is 0 Å². The number of hydrogen-bond acceptors (Lipinski definition) is 0. The van der Waals surface area contributed by atoms with E-state index in [0.29, 0.717) is 5.92 Å². The molecule has 1 aliphatic carbocycles. The van der Waals surface area contributed by atoms with Crippen molar-refractivity contribution in [3.63, 3.8) is 0 Å². The summed E-state index contributed by atoms with van der Waals surface area (Å²) in [6.45, 7) is 2.18. The highest BCUT2D eigenvalue weighted by Gasteiger charge is 2.12. The molecule has 1 aromatic rings. The van der Waals surface area contributed by atoms with Crippen molar-refractivity contribution in [2.45, 2.75) is 19.3 Å². The predicted molar refractivity (Wildman–Crippen MR) is 65.8 cm³/mol. The number of hydrogen-bond donors (Lipinski definition) is 0. The molecule has 15 heavy (non-hydrogen) atoms. The van der Waals surface area contributed by atoms with Crippen LogP contribution in [-0.4, -0.2) is 0 Å². The number of benzene rings is 1. The van der Waals surface area contributed by atoms with Gasteiger partial charge in [0.1, 0.15) is 0 Å². The summed E-state index contributed by atoms with van der Waals surface area (Å²) in [5.41, 5.74) is 2.78. The second-order valence-corrected chi connectivity index (χ2v) is 3.74. The maximum Gasteiger partial charge on any atom is 0.0269 e. The van der Waals surface area contributed by atoms with Gasteiger partial charge in [-0.2, -0.15) is 0 Å². The van der Waals surface area contributed by atoms with Crippen LogP contribution in [0.25, 0.3) is 0 Å². The Morgan fingerprint density at radius 2 is 1.93 bits per heavy atom. The Morgan fingerprint density at radius 1 is 1.13 bits per heavy atom. The highest BCUT2D eigenvalue weighted by molar-refractivity contribution is 5.43. The minimum Gasteiger partial charge on any atom is -0.0806 e. The summed E-state index contributed by atoms with van der Waals surface area (Å²) in [4.78, 5) is 0. The Kier molecular flexibility index (Phi) is 3.18. The molecule has 0 heteroatoms. The minimum atomic E-state index is 0.441. The molecule has 0 nitrogen and oxygen atoms in total. The van der Waals surface area contributed by atoms with E-state index >= 15 is 0 Å². The first kappa shape index (κ1) is 9.97.